The minimum atomic E-state index is -0.295. The largest absolute Gasteiger partial charge is 0.313 e. The van der Waals surface area contributed by atoms with Gasteiger partial charge < -0.3 is 4.57 Å². The average Bonchev–Trinajstić information content (AvgIpc) is 3.07. The van der Waals surface area contributed by atoms with E-state index in [1.54, 1.807) is 27.4 Å². The number of rotatable bonds is 5. The normalized spacial score (nSPS) is 11.8. The summed E-state index contributed by atoms with van der Waals surface area (Å²) in [5, 5.41) is 13.2. The molecule has 0 saturated heterocycles. The Kier molecular flexibility index (Phi) is 4.66. The second-order valence-electron chi connectivity index (χ2n) is 7.35. The van der Waals surface area contributed by atoms with Crippen LogP contribution in [0.25, 0.3) is 27.8 Å². The molecule has 0 atom stereocenters. The van der Waals surface area contributed by atoms with Crippen molar-refractivity contribution in [3.8, 4) is 11.1 Å². The first-order valence-electron chi connectivity index (χ1n) is 9.53. The van der Waals surface area contributed by atoms with Crippen LogP contribution < -0.4 is 5.56 Å². The van der Waals surface area contributed by atoms with Crippen LogP contribution >= 0.6 is 0 Å². The van der Waals surface area contributed by atoms with Crippen LogP contribution in [0.5, 0.6) is 0 Å². The minimum absolute atomic E-state index is 0.163. The standard InChI is InChI=1S/C21H22FN5O/c1-4-16-18(14-5-7-15(22)8-6-14)20-24-23-19-17(27(20)25-16)10-12-26(21(19)28)11-9-13(2)3/h5-8,10,12-13H,4,9,11H2,1-3H3. The van der Waals surface area contributed by atoms with Crippen molar-refractivity contribution in [2.24, 2.45) is 5.92 Å². The zero-order chi connectivity index (χ0) is 19.8. The Morgan fingerprint density at radius 2 is 1.86 bits per heavy atom. The molecule has 0 N–H and O–H groups in total. The summed E-state index contributed by atoms with van der Waals surface area (Å²) in [6.07, 6.45) is 3.39. The monoisotopic (exact) mass is 379 g/mol. The predicted octanol–water partition coefficient (Wildman–Crippen LogP) is 3.85. The number of aryl methyl sites for hydroxylation is 2. The van der Waals surface area contributed by atoms with Crippen LogP contribution in [-0.2, 0) is 13.0 Å². The quantitative estimate of drug-likeness (QED) is 0.528. The Hall–Kier alpha value is -3.09. The lowest BCUT2D eigenvalue weighted by Crippen LogP contribution is -2.22. The third-order valence-electron chi connectivity index (χ3n) is 4.94. The van der Waals surface area contributed by atoms with Crippen molar-refractivity contribution in [3.05, 3.63) is 58.4 Å². The Morgan fingerprint density at radius 1 is 1.11 bits per heavy atom. The van der Waals surface area contributed by atoms with Gasteiger partial charge in [-0.3, -0.25) is 4.79 Å². The smallest absolute Gasteiger partial charge is 0.280 e. The van der Waals surface area contributed by atoms with E-state index in [2.05, 4.69) is 29.1 Å². The molecule has 7 heteroatoms. The van der Waals surface area contributed by atoms with Gasteiger partial charge in [-0.1, -0.05) is 32.9 Å². The summed E-state index contributed by atoms with van der Waals surface area (Å²) in [5.41, 5.74) is 3.80. The Labute approximate surface area is 161 Å². The molecule has 3 aromatic heterocycles. The number of pyridine rings is 1. The fourth-order valence-corrected chi connectivity index (χ4v) is 3.36. The molecular formula is C21H22FN5O. The van der Waals surface area contributed by atoms with Gasteiger partial charge in [-0.05, 0) is 42.5 Å². The number of nitrogens with zero attached hydrogens (tertiary/aromatic N) is 5. The third kappa shape index (κ3) is 3.06. The Bertz CT molecular complexity index is 1210. The lowest BCUT2D eigenvalue weighted by atomic mass is 10.0. The molecule has 0 aliphatic carbocycles. The minimum Gasteiger partial charge on any atom is -0.313 e. The van der Waals surface area contributed by atoms with Crippen molar-refractivity contribution in [2.75, 3.05) is 0 Å². The van der Waals surface area contributed by atoms with E-state index in [1.807, 2.05) is 13.0 Å². The zero-order valence-electron chi connectivity index (χ0n) is 16.2. The lowest BCUT2D eigenvalue weighted by molar-refractivity contribution is 0.509. The number of halogens is 1. The van der Waals surface area contributed by atoms with Crippen molar-refractivity contribution in [3.63, 3.8) is 0 Å². The fourth-order valence-electron chi connectivity index (χ4n) is 3.36. The number of aromatic nitrogens is 5. The summed E-state index contributed by atoms with van der Waals surface area (Å²) < 4.78 is 16.7. The molecule has 0 saturated carbocycles. The van der Waals surface area contributed by atoms with Crippen molar-refractivity contribution < 1.29 is 4.39 Å². The highest BCUT2D eigenvalue weighted by Gasteiger charge is 2.18. The molecule has 1 aromatic carbocycles. The van der Waals surface area contributed by atoms with Crippen LogP contribution in [0.2, 0.25) is 0 Å². The summed E-state index contributed by atoms with van der Waals surface area (Å²) in [4.78, 5) is 12.8. The van der Waals surface area contributed by atoms with Gasteiger partial charge in [0, 0.05) is 12.7 Å². The van der Waals surface area contributed by atoms with Gasteiger partial charge in [0.15, 0.2) is 11.2 Å². The summed E-state index contributed by atoms with van der Waals surface area (Å²) in [6, 6.07) is 8.11. The first kappa shape index (κ1) is 18.3. The van der Waals surface area contributed by atoms with E-state index in [9.17, 15) is 9.18 Å². The molecule has 0 aliphatic heterocycles. The molecule has 0 spiro atoms. The van der Waals surface area contributed by atoms with Crippen LogP contribution in [0.3, 0.4) is 0 Å². The van der Waals surface area contributed by atoms with E-state index < -0.39 is 0 Å². The van der Waals surface area contributed by atoms with Crippen molar-refractivity contribution in [1.29, 1.82) is 0 Å². The van der Waals surface area contributed by atoms with Gasteiger partial charge in [0.05, 0.1) is 11.3 Å². The summed E-state index contributed by atoms with van der Waals surface area (Å²) in [7, 11) is 0. The molecule has 0 bridgehead atoms. The van der Waals surface area contributed by atoms with Crippen LogP contribution in [0.15, 0.2) is 41.3 Å². The maximum atomic E-state index is 13.3. The first-order valence-corrected chi connectivity index (χ1v) is 9.53. The fraction of sp³-hybridized carbons (Fsp3) is 0.333. The van der Waals surface area contributed by atoms with Gasteiger partial charge in [0.2, 0.25) is 0 Å². The molecule has 0 unspecified atom stereocenters. The summed E-state index contributed by atoms with van der Waals surface area (Å²) in [5.74, 6) is 0.212. The van der Waals surface area contributed by atoms with Crippen LogP contribution in [0.1, 0.15) is 32.9 Å². The van der Waals surface area contributed by atoms with E-state index in [0.717, 1.165) is 23.2 Å². The second kappa shape index (κ2) is 7.14. The predicted molar refractivity (Wildman–Crippen MR) is 107 cm³/mol. The number of benzene rings is 1. The van der Waals surface area contributed by atoms with Gasteiger partial charge in [-0.2, -0.15) is 5.10 Å². The molecular weight excluding hydrogens is 357 g/mol. The van der Waals surface area contributed by atoms with E-state index in [0.29, 0.717) is 35.6 Å². The zero-order valence-corrected chi connectivity index (χ0v) is 16.2. The highest BCUT2D eigenvalue weighted by Crippen LogP contribution is 2.29. The maximum absolute atomic E-state index is 13.3. The Balaban J connectivity index is 1.92. The van der Waals surface area contributed by atoms with Crippen LogP contribution in [0, 0.1) is 11.7 Å². The molecule has 0 aliphatic rings. The number of hydrogen-bond acceptors (Lipinski definition) is 4. The second-order valence-corrected chi connectivity index (χ2v) is 7.35. The third-order valence-corrected chi connectivity index (χ3v) is 4.94. The Morgan fingerprint density at radius 3 is 2.54 bits per heavy atom. The van der Waals surface area contributed by atoms with Crippen LogP contribution in [-0.4, -0.2) is 24.4 Å². The topological polar surface area (TPSA) is 65.1 Å². The molecule has 144 valence electrons. The van der Waals surface area contributed by atoms with Gasteiger partial charge in [0.1, 0.15) is 11.3 Å². The molecule has 28 heavy (non-hydrogen) atoms. The molecule has 3 heterocycles. The van der Waals surface area contributed by atoms with Crippen LogP contribution in [0.4, 0.5) is 4.39 Å². The summed E-state index contributed by atoms with van der Waals surface area (Å²) >= 11 is 0. The van der Waals surface area contributed by atoms with Crippen molar-refractivity contribution in [1.82, 2.24) is 24.4 Å². The average molecular weight is 379 g/mol. The highest BCUT2D eigenvalue weighted by molar-refractivity contribution is 5.84. The SMILES string of the molecule is CCc1nn2c(nnc3c(=O)n(CCC(C)C)ccc32)c1-c1ccc(F)cc1. The molecule has 0 fully saturated rings. The van der Waals surface area contributed by atoms with E-state index in [4.69, 9.17) is 0 Å². The van der Waals surface area contributed by atoms with E-state index in [1.165, 1.54) is 12.1 Å². The molecule has 4 rings (SSSR count). The number of fused-ring (bicyclic) bond motifs is 3. The van der Waals surface area contributed by atoms with Crippen molar-refractivity contribution >= 4 is 16.7 Å². The first-order chi connectivity index (χ1) is 13.5. The molecule has 0 amide bonds. The van der Waals surface area contributed by atoms with E-state index >= 15 is 0 Å². The van der Waals surface area contributed by atoms with E-state index in [-0.39, 0.29) is 11.4 Å². The molecule has 4 aromatic rings. The van der Waals surface area contributed by atoms with Gasteiger partial charge in [-0.25, -0.2) is 8.91 Å². The highest BCUT2D eigenvalue weighted by atomic mass is 19.1. The van der Waals surface area contributed by atoms with Gasteiger partial charge >= 0.3 is 0 Å². The number of hydrogen-bond donors (Lipinski definition) is 0. The van der Waals surface area contributed by atoms with Gasteiger partial charge in [0.25, 0.3) is 5.56 Å². The molecule has 6 nitrogen and oxygen atoms in total. The summed E-state index contributed by atoms with van der Waals surface area (Å²) in [6.45, 7) is 6.90. The van der Waals surface area contributed by atoms with Crippen molar-refractivity contribution in [2.45, 2.75) is 40.2 Å². The molecule has 0 radical (unpaired) electrons. The lowest BCUT2D eigenvalue weighted by Gasteiger charge is -2.09. The van der Waals surface area contributed by atoms with Gasteiger partial charge in [-0.15, -0.1) is 10.2 Å². The maximum Gasteiger partial charge on any atom is 0.280 e.